The van der Waals surface area contributed by atoms with Gasteiger partial charge < -0.3 is 14.9 Å². The fourth-order valence-electron chi connectivity index (χ4n) is 4.17. The first-order valence-electron chi connectivity index (χ1n) is 12.3. The molecule has 13 heteroatoms. The van der Waals surface area contributed by atoms with Crippen LogP contribution in [0.15, 0.2) is 47.5 Å². The van der Waals surface area contributed by atoms with Gasteiger partial charge in [0.25, 0.3) is 5.56 Å². The molecule has 10 nitrogen and oxygen atoms in total. The van der Waals surface area contributed by atoms with E-state index in [1.165, 1.54) is 40.6 Å². The molecular weight excluding hydrogens is 550 g/mol. The molecule has 0 spiro atoms. The van der Waals surface area contributed by atoms with Crippen LogP contribution in [0.4, 0.5) is 20.2 Å². The summed E-state index contributed by atoms with van der Waals surface area (Å²) in [6, 6.07) is 7.94. The normalized spacial score (nSPS) is 13.0. The summed E-state index contributed by atoms with van der Waals surface area (Å²) in [6.07, 6.45) is 0.879. The number of halogens is 3. The van der Waals surface area contributed by atoms with Gasteiger partial charge in [-0.2, -0.15) is 0 Å². The highest BCUT2D eigenvalue weighted by Gasteiger charge is 2.35. The Balaban J connectivity index is 1.57. The number of carbonyl (C=O) groups excluding carboxylic acids is 2. The third kappa shape index (κ3) is 6.46. The Hall–Kier alpha value is -3.87. The Kier molecular flexibility index (Phi) is 8.52. The number of aliphatic hydroxyl groups is 2. The Morgan fingerprint density at radius 2 is 1.82 bits per heavy atom. The summed E-state index contributed by atoms with van der Waals surface area (Å²) in [5.74, 6) is -2.56. The molecule has 3 aromatic rings. The Labute approximate surface area is 233 Å². The average molecular weight is 577 g/mol. The van der Waals surface area contributed by atoms with Crippen LogP contribution in [0, 0.1) is 11.6 Å². The lowest BCUT2D eigenvalue weighted by molar-refractivity contribution is -0.122. The molecule has 1 aromatic heterocycles. The summed E-state index contributed by atoms with van der Waals surface area (Å²) >= 11 is 6.18. The SMILES string of the molecule is CC(C)(O)CC(=O)N1CN(C(=O)CCO)c2ccc(Cn3cnc(OCc4ccc(F)cc4F)c(Cl)c3=O)cc21. The van der Waals surface area contributed by atoms with Crippen LogP contribution in [0.25, 0.3) is 0 Å². The highest BCUT2D eigenvalue weighted by molar-refractivity contribution is 6.31. The molecule has 4 rings (SSSR count). The van der Waals surface area contributed by atoms with E-state index in [9.17, 15) is 33.4 Å². The molecule has 0 unspecified atom stereocenters. The molecule has 0 radical (unpaired) electrons. The number of aromatic nitrogens is 2. The predicted octanol–water partition coefficient (Wildman–Crippen LogP) is 2.98. The van der Waals surface area contributed by atoms with E-state index in [4.69, 9.17) is 16.3 Å². The summed E-state index contributed by atoms with van der Waals surface area (Å²) in [4.78, 5) is 45.3. The lowest BCUT2D eigenvalue weighted by Crippen LogP contribution is -2.41. The summed E-state index contributed by atoms with van der Waals surface area (Å²) in [6.45, 7) is 2.24. The fraction of sp³-hybridized carbons (Fsp3) is 0.333. The van der Waals surface area contributed by atoms with E-state index in [0.29, 0.717) is 23.0 Å². The number of hydrogen-bond donors (Lipinski definition) is 2. The van der Waals surface area contributed by atoms with Crippen LogP contribution in [0.1, 0.15) is 37.8 Å². The minimum Gasteiger partial charge on any atom is -0.471 e. The number of ether oxygens (including phenoxy) is 1. The molecule has 0 bridgehead atoms. The molecule has 0 aliphatic carbocycles. The van der Waals surface area contributed by atoms with E-state index in [1.807, 2.05) is 0 Å². The van der Waals surface area contributed by atoms with Gasteiger partial charge in [-0.15, -0.1) is 0 Å². The first-order valence-corrected chi connectivity index (χ1v) is 12.6. The maximum Gasteiger partial charge on any atom is 0.276 e. The van der Waals surface area contributed by atoms with Gasteiger partial charge in [0.05, 0.1) is 43.0 Å². The van der Waals surface area contributed by atoms with Crippen LogP contribution in [0.5, 0.6) is 5.88 Å². The maximum absolute atomic E-state index is 13.9. The van der Waals surface area contributed by atoms with Gasteiger partial charge in [0.15, 0.2) is 5.02 Å². The number of rotatable bonds is 9. The zero-order valence-corrected chi connectivity index (χ0v) is 22.5. The van der Waals surface area contributed by atoms with Gasteiger partial charge >= 0.3 is 0 Å². The zero-order valence-electron chi connectivity index (χ0n) is 21.7. The van der Waals surface area contributed by atoms with Crippen molar-refractivity contribution in [2.24, 2.45) is 0 Å². The molecule has 0 saturated heterocycles. The first-order chi connectivity index (χ1) is 18.9. The summed E-state index contributed by atoms with van der Waals surface area (Å²) < 4.78 is 33.6. The van der Waals surface area contributed by atoms with Crippen LogP contribution in [0.3, 0.4) is 0 Å². The number of nitrogens with zero attached hydrogens (tertiary/aromatic N) is 4. The molecule has 40 heavy (non-hydrogen) atoms. The van der Waals surface area contributed by atoms with Gasteiger partial charge in [0.2, 0.25) is 17.7 Å². The van der Waals surface area contributed by atoms with Crippen LogP contribution in [-0.4, -0.2) is 50.5 Å². The van der Waals surface area contributed by atoms with Gasteiger partial charge in [-0.05, 0) is 43.7 Å². The third-order valence-corrected chi connectivity index (χ3v) is 6.42. The minimum absolute atomic E-state index is 0.00378. The van der Waals surface area contributed by atoms with E-state index in [1.54, 1.807) is 18.2 Å². The van der Waals surface area contributed by atoms with Gasteiger partial charge in [-0.3, -0.25) is 28.8 Å². The number of fused-ring (bicyclic) bond motifs is 1. The molecule has 212 valence electrons. The number of benzene rings is 2. The van der Waals surface area contributed by atoms with E-state index < -0.39 is 28.7 Å². The summed E-state index contributed by atoms with van der Waals surface area (Å²) in [5, 5.41) is 19.0. The number of carbonyl (C=O) groups is 2. The van der Waals surface area contributed by atoms with Crippen LogP contribution < -0.4 is 20.1 Å². The quantitative estimate of drug-likeness (QED) is 0.401. The molecule has 0 atom stereocenters. The van der Waals surface area contributed by atoms with Crippen LogP contribution in [-0.2, 0) is 22.7 Å². The number of amides is 2. The van der Waals surface area contributed by atoms with E-state index in [0.717, 1.165) is 6.07 Å². The molecule has 0 saturated carbocycles. The van der Waals surface area contributed by atoms with Crippen molar-refractivity contribution in [1.82, 2.24) is 9.55 Å². The van der Waals surface area contributed by atoms with Crippen LogP contribution >= 0.6 is 11.6 Å². The summed E-state index contributed by atoms with van der Waals surface area (Å²) in [5.41, 5.74) is -0.422. The Morgan fingerprint density at radius 3 is 2.50 bits per heavy atom. The smallest absolute Gasteiger partial charge is 0.276 e. The number of hydrogen-bond acceptors (Lipinski definition) is 7. The van der Waals surface area contributed by atoms with E-state index >= 15 is 0 Å². The summed E-state index contributed by atoms with van der Waals surface area (Å²) in [7, 11) is 0. The molecule has 2 N–H and O–H groups in total. The molecular formula is C27H27ClF2N4O6. The van der Waals surface area contributed by atoms with Crippen molar-refractivity contribution >= 4 is 34.8 Å². The fourth-order valence-corrected chi connectivity index (χ4v) is 4.38. The van der Waals surface area contributed by atoms with E-state index in [2.05, 4.69) is 4.98 Å². The second kappa shape index (κ2) is 11.7. The van der Waals surface area contributed by atoms with Crippen molar-refractivity contribution in [1.29, 1.82) is 0 Å². The first kappa shape index (κ1) is 29.1. The molecule has 2 heterocycles. The maximum atomic E-state index is 13.9. The second-order valence-electron chi connectivity index (χ2n) is 9.89. The molecule has 1 aliphatic heterocycles. The lowest BCUT2D eigenvalue weighted by atomic mass is 10.0. The average Bonchev–Trinajstić information content (AvgIpc) is 3.26. The second-order valence-corrected chi connectivity index (χ2v) is 10.3. The van der Waals surface area contributed by atoms with Crippen molar-refractivity contribution in [3.8, 4) is 5.88 Å². The predicted molar refractivity (Wildman–Crippen MR) is 142 cm³/mol. The monoisotopic (exact) mass is 576 g/mol. The van der Waals surface area contributed by atoms with Crippen molar-refractivity contribution in [3.05, 3.63) is 80.9 Å². The molecule has 1 aliphatic rings. The molecule has 0 fully saturated rings. The minimum atomic E-state index is -1.28. The van der Waals surface area contributed by atoms with Gasteiger partial charge in [0, 0.05) is 11.6 Å². The number of anilines is 2. The highest BCUT2D eigenvalue weighted by Crippen LogP contribution is 2.38. The van der Waals surface area contributed by atoms with Gasteiger partial charge in [-0.25, -0.2) is 13.8 Å². The topological polar surface area (TPSA) is 125 Å². The zero-order chi connectivity index (χ0) is 29.2. The van der Waals surface area contributed by atoms with E-state index in [-0.39, 0.29) is 61.6 Å². The van der Waals surface area contributed by atoms with Crippen molar-refractivity contribution in [3.63, 3.8) is 0 Å². The van der Waals surface area contributed by atoms with Gasteiger partial charge in [0.1, 0.15) is 31.2 Å². The Morgan fingerprint density at radius 1 is 1.10 bits per heavy atom. The highest BCUT2D eigenvalue weighted by atomic mass is 35.5. The lowest BCUT2D eigenvalue weighted by Gasteiger charge is -2.23. The largest absolute Gasteiger partial charge is 0.471 e. The van der Waals surface area contributed by atoms with Crippen molar-refractivity contribution in [2.75, 3.05) is 23.1 Å². The van der Waals surface area contributed by atoms with Gasteiger partial charge in [-0.1, -0.05) is 17.7 Å². The Bertz CT molecular complexity index is 1510. The number of aliphatic hydroxyl groups excluding tert-OH is 1. The molecule has 2 aromatic carbocycles. The third-order valence-electron chi connectivity index (χ3n) is 6.10. The standard InChI is InChI=1S/C27H27ClF2N4O6/c1-27(2,39)11-23(37)34-15-33(22(36)7-8-35)20-6-3-16(9-21(20)34)12-32-14-31-25(24(28)26(32)38)40-13-17-4-5-18(29)10-19(17)30/h3-6,9-10,14,35,39H,7-8,11-13,15H2,1-2H3. The van der Waals surface area contributed by atoms with Crippen LogP contribution in [0.2, 0.25) is 5.02 Å². The molecule has 2 amide bonds. The van der Waals surface area contributed by atoms with Crippen molar-refractivity contribution in [2.45, 2.75) is 45.4 Å². The van der Waals surface area contributed by atoms with Crippen molar-refractivity contribution < 1.29 is 33.3 Å².